The number of carbonyl (C=O) groups is 3. The Balaban J connectivity index is 1.91. The van der Waals surface area contributed by atoms with Crippen LogP contribution in [0.25, 0.3) is 0 Å². The van der Waals surface area contributed by atoms with Gasteiger partial charge in [0, 0.05) is 31.8 Å². The molecule has 0 fully saturated rings. The van der Waals surface area contributed by atoms with Gasteiger partial charge in [-0.2, -0.15) is 0 Å². The summed E-state index contributed by atoms with van der Waals surface area (Å²) in [5.41, 5.74) is 6.69. The fraction of sp³-hybridized carbons (Fsp3) is 0.455. The number of imidazole rings is 1. The monoisotopic (exact) mass is 446 g/mol. The second-order valence-corrected chi connectivity index (χ2v) is 8.24. The third-order valence-corrected chi connectivity index (χ3v) is 4.31. The number of nitrogens with zero attached hydrogens (tertiary/aromatic N) is 2. The van der Waals surface area contributed by atoms with Crippen LogP contribution in [-0.4, -0.2) is 52.1 Å². The maximum atomic E-state index is 12.6. The topological polar surface area (TPSA) is 135 Å². The largest absolute Gasteiger partial charge is 0.444 e. The van der Waals surface area contributed by atoms with Crippen LogP contribution in [0, 0.1) is 0 Å². The van der Waals surface area contributed by atoms with Crippen LogP contribution in [0.5, 0.6) is 0 Å². The lowest BCUT2D eigenvalue weighted by atomic mass is 10.1. The van der Waals surface area contributed by atoms with Crippen LogP contribution in [-0.2, 0) is 43.7 Å². The third kappa shape index (κ3) is 8.38. The maximum absolute atomic E-state index is 12.6. The second kappa shape index (κ2) is 11.3. The van der Waals surface area contributed by atoms with Crippen LogP contribution in [0.3, 0.4) is 0 Å². The SMILES string of the molecule is Cn1cncc1CC(N)C(=O)OCOC(=O)C(Cc1ccccc1)NC(=O)OC(C)(C)C. The van der Waals surface area contributed by atoms with Gasteiger partial charge in [0.25, 0.3) is 0 Å². The van der Waals surface area contributed by atoms with E-state index in [1.54, 1.807) is 44.9 Å². The summed E-state index contributed by atoms with van der Waals surface area (Å²) in [6.07, 6.45) is 2.83. The number of rotatable bonds is 9. The molecule has 1 aromatic heterocycles. The van der Waals surface area contributed by atoms with E-state index in [1.807, 2.05) is 30.3 Å². The van der Waals surface area contributed by atoms with Gasteiger partial charge in [-0.15, -0.1) is 0 Å². The number of alkyl carbamates (subject to hydrolysis) is 1. The molecule has 1 aromatic carbocycles. The van der Waals surface area contributed by atoms with Gasteiger partial charge in [0.05, 0.1) is 6.33 Å². The molecule has 10 heteroatoms. The van der Waals surface area contributed by atoms with Crippen molar-refractivity contribution >= 4 is 18.0 Å². The zero-order valence-electron chi connectivity index (χ0n) is 18.7. The van der Waals surface area contributed by atoms with Gasteiger partial charge in [-0.05, 0) is 26.3 Å². The van der Waals surface area contributed by atoms with Gasteiger partial charge in [-0.1, -0.05) is 30.3 Å². The van der Waals surface area contributed by atoms with Gasteiger partial charge in [0.1, 0.15) is 17.7 Å². The van der Waals surface area contributed by atoms with Crippen LogP contribution in [0.4, 0.5) is 4.79 Å². The van der Waals surface area contributed by atoms with Crippen molar-refractivity contribution in [3.05, 3.63) is 54.1 Å². The summed E-state index contributed by atoms with van der Waals surface area (Å²) in [6, 6.07) is 7.13. The predicted molar refractivity (Wildman–Crippen MR) is 115 cm³/mol. The molecule has 0 aliphatic heterocycles. The van der Waals surface area contributed by atoms with E-state index < -0.39 is 42.5 Å². The van der Waals surface area contributed by atoms with E-state index in [2.05, 4.69) is 10.3 Å². The molecule has 0 radical (unpaired) electrons. The van der Waals surface area contributed by atoms with Crippen molar-refractivity contribution in [2.45, 2.75) is 51.3 Å². The van der Waals surface area contributed by atoms with Gasteiger partial charge in [-0.3, -0.25) is 4.79 Å². The molecule has 32 heavy (non-hydrogen) atoms. The number of nitrogens with one attached hydrogen (secondary N) is 1. The number of ether oxygens (including phenoxy) is 3. The first-order valence-electron chi connectivity index (χ1n) is 10.1. The van der Waals surface area contributed by atoms with Crippen molar-refractivity contribution in [1.29, 1.82) is 0 Å². The highest BCUT2D eigenvalue weighted by Gasteiger charge is 2.26. The van der Waals surface area contributed by atoms with Crippen LogP contribution in [0.1, 0.15) is 32.0 Å². The van der Waals surface area contributed by atoms with Crippen molar-refractivity contribution in [2.75, 3.05) is 6.79 Å². The highest BCUT2D eigenvalue weighted by Crippen LogP contribution is 2.09. The van der Waals surface area contributed by atoms with Crippen molar-refractivity contribution in [2.24, 2.45) is 12.8 Å². The van der Waals surface area contributed by atoms with E-state index in [4.69, 9.17) is 19.9 Å². The Morgan fingerprint density at radius 3 is 2.34 bits per heavy atom. The van der Waals surface area contributed by atoms with Gasteiger partial charge < -0.3 is 29.8 Å². The van der Waals surface area contributed by atoms with Crippen LogP contribution < -0.4 is 11.1 Å². The first kappa shape index (κ1) is 24.9. The smallest absolute Gasteiger partial charge is 0.408 e. The molecule has 0 saturated carbocycles. The molecular formula is C22H30N4O6. The summed E-state index contributed by atoms with van der Waals surface area (Å²) in [5.74, 6) is -1.49. The Kier molecular flexibility index (Phi) is 8.77. The second-order valence-electron chi connectivity index (χ2n) is 8.24. The molecule has 0 saturated heterocycles. The molecule has 2 rings (SSSR count). The van der Waals surface area contributed by atoms with E-state index in [0.29, 0.717) is 0 Å². The molecule has 10 nitrogen and oxygen atoms in total. The normalized spacial score (nSPS) is 13.0. The van der Waals surface area contributed by atoms with Gasteiger partial charge in [0.15, 0.2) is 0 Å². The number of amides is 1. The highest BCUT2D eigenvalue weighted by molar-refractivity contribution is 5.82. The number of hydrogen-bond acceptors (Lipinski definition) is 8. The van der Waals surface area contributed by atoms with E-state index >= 15 is 0 Å². The zero-order valence-corrected chi connectivity index (χ0v) is 18.7. The predicted octanol–water partition coefficient (Wildman–Crippen LogP) is 1.47. The molecule has 0 bridgehead atoms. The molecule has 174 valence electrons. The summed E-state index contributed by atoms with van der Waals surface area (Å²) >= 11 is 0. The Labute approximate surface area is 187 Å². The number of benzene rings is 1. The number of nitrogens with two attached hydrogens (primary N) is 1. The fourth-order valence-electron chi connectivity index (χ4n) is 2.74. The molecular weight excluding hydrogens is 416 g/mol. The summed E-state index contributed by atoms with van der Waals surface area (Å²) in [6.45, 7) is 4.51. The Hall–Kier alpha value is -3.40. The minimum Gasteiger partial charge on any atom is -0.444 e. The first-order chi connectivity index (χ1) is 15.0. The minimum absolute atomic E-state index is 0.173. The van der Waals surface area contributed by atoms with E-state index in [-0.39, 0.29) is 12.8 Å². The highest BCUT2D eigenvalue weighted by atomic mass is 16.7. The van der Waals surface area contributed by atoms with Gasteiger partial charge >= 0.3 is 18.0 Å². The lowest BCUT2D eigenvalue weighted by Gasteiger charge is -2.23. The molecule has 0 aliphatic carbocycles. The molecule has 0 aliphatic rings. The van der Waals surface area contributed by atoms with Crippen molar-refractivity contribution < 1.29 is 28.6 Å². The summed E-state index contributed by atoms with van der Waals surface area (Å²) < 4.78 is 17.0. The van der Waals surface area contributed by atoms with E-state index in [0.717, 1.165) is 11.3 Å². The molecule has 3 N–H and O–H groups in total. The van der Waals surface area contributed by atoms with Gasteiger partial charge in [-0.25, -0.2) is 14.6 Å². The number of hydrogen-bond donors (Lipinski definition) is 2. The van der Waals surface area contributed by atoms with Crippen molar-refractivity contribution in [1.82, 2.24) is 14.9 Å². The molecule has 1 amide bonds. The Morgan fingerprint density at radius 1 is 1.09 bits per heavy atom. The van der Waals surface area contributed by atoms with E-state index in [1.165, 1.54) is 0 Å². The zero-order chi connectivity index (χ0) is 23.7. The summed E-state index contributed by atoms with van der Waals surface area (Å²) in [4.78, 5) is 40.8. The van der Waals surface area contributed by atoms with Gasteiger partial charge in [0.2, 0.25) is 6.79 Å². The lowest BCUT2D eigenvalue weighted by molar-refractivity contribution is -0.169. The van der Waals surface area contributed by atoms with Crippen molar-refractivity contribution in [3.8, 4) is 0 Å². The van der Waals surface area contributed by atoms with Crippen LogP contribution in [0.2, 0.25) is 0 Å². The standard InChI is InChI=1S/C22H30N4O6/c1-22(2,3)32-21(29)25-18(10-15-8-6-5-7-9-15)20(28)31-14-30-19(27)17(23)11-16-12-24-13-26(16)4/h5-9,12-13,17-18H,10-11,14,23H2,1-4H3,(H,25,29). The Bertz CT molecular complexity index is 907. The van der Waals surface area contributed by atoms with E-state index in [9.17, 15) is 14.4 Å². The number of aryl methyl sites for hydroxylation is 1. The molecule has 2 atom stereocenters. The number of aromatic nitrogens is 2. The minimum atomic E-state index is -1.03. The quantitative estimate of drug-likeness (QED) is 0.437. The average Bonchev–Trinajstić information content (AvgIpc) is 3.11. The molecule has 1 heterocycles. The molecule has 0 spiro atoms. The average molecular weight is 447 g/mol. The maximum Gasteiger partial charge on any atom is 0.408 e. The van der Waals surface area contributed by atoms with Crippen LogP contribution in [0.15, 0.2) is 42.9 Å². The van der Waals surface area contributed by atoms with Crippen LogP contribution >= 0.6 is 0 Å². The Morgan fingerprint density at radius 2 is 1.75 bits per heavy atom. The first-order valence-corrected chi connectivity index (χ1v) is 10.1. The molecule has 2 aromatic rings. The lowest BCUT2D eigenvalue weighted by Crippen LogP contribution is -2.46. The van der Waals surface area contributed by atoms with Crippen molar-refractivity contribution in [3.63, 3.8) is 0 Å². The third-order valence-electron chi connectivity index (χ3n) is 4.31. The number of esters is 2. The number of carbonyl (C=O) groups excluding carboxylic acids is 3. The summed E-state index contributed by atoms with van der Waals surface area (Å²) in [7, 11) is 1.78. The molecule has 2 unspecified atom stereocenters. The fourth-order valence-corrected chi connectivity index (χ4v) is 2.74. The summed E-state index contributed by atoms with van der Waals surface area (Å²) in [5, 5.41) is 2.51.